The number of nitrogens with one attached hydrogen (secondary N) is 1. The van der Waals surface area contributed by atoms with E-state index in [1.165, 1.54) is 6.08 Å². The van der Waals surface area contributed by atoms with Gasteiger partial charge in [0.15, 0.2) is 11.5 Å². The average molecular weight is 483 g/mol. The van der Waals surface area contributed by atoms with Crippen molar-refractivity contribution in [1.29, 1.82) is 5.26 Å². The Labute approximate surface area is 170 Å². The number of hydrogen-bond donors (Lipinski definition) is 2. The predicted molar refractivity (Wildman–Crippen MR) is 110 cm³/mol. The maximum Gasteiger partial charge on any atom is 0.266 e. The van der Waals surface area contributed by atoms with Gasteiger partial charge in [-0.2, -0.15) is 5.26 Å². The van der Waals surface area contributed by atoms with Gasteiger partial charge in [-0.05, 0) is 77.9 Å². The first kappa shape index (κ1) is 20.1. The van der Waals surface area contributed by atoms with Crippen LogP contribution in [-0.2, 0) is 4.79 Å². The molecule has 1 amide bonds. The third kappa shape index (κ3) is 4.90. The molecule has 0 heterocycles. The monoisotopic (exact) mass is 482 g/mol. The van der Waals surface area contributed by atoms with Crippen molar-refractivity contribution >= 4 is 51.9 Å². The number of aromatic hydroxyl groups is 1. The molecule has 5 nitrogen and oxygen atoms in total. The molecule has 0 aromatic heterocycles. The highest BCUT2D eigenvalue weighted by atomic mass is 127. The third-order valence-corrected chi connectivity index (χ3v) is 4.69. The van der Waals surface area contributed by atoms with Crippen molar-refractivity contribution in [3.8, 4) is 17.6 Å². The minimum Gasteiger partial charge on any atom is -0.504 e. The van der Waals surface area contributed by atoms with Crippen LogP contribution in [0.1, 0.15) is 18.1 Å². The van der Waals surface area contributed by atoms with E-state index in [1.807, 2.05) is 35.6 Å². The molecule has 2 rings (SSSR count). The van der Waals surface area contributed by atoms with Crippen LogP contribution in [0.4, 0.5) is 5.69 Å². The number of amides is 1. The second-order valence-electron chi connectivity index (χ2n) is 5.37. The number of rotatable bonds is 5. The highest BCUT2D eigenvalue weighted by Crippen LogP contribution is 2.33. The maximum atomic E-state index is 12.4. The van der Waals surface area contributed by atoms with Crippen LogP contribution in [0.2, 0.25) is 5.02 Å². The summed E-state index contributed by atoms with van der Waals surface area (Å²) in [5.41, 5.74) is 1.89. The molecular formula is C19H16ClIN2O3. The van der Waals surface area contributed by atoms with Crippen molar-refractivity contribution in [3.05, 3.63) is 55.6 Å². The van der Waals surface area contributed by atoms with Gasteiger partial charge in [-0.15, -0.1) is 0 Å². The minimum absolute atomic E-state index is 0.0295. The summed E-state index contributed by atoms with van der Waals surface area (Å²) in [6.07, 6.45) is 1.44. The van der Waals surface area contributed by atoms with Gasteiger partial charge in [-0.1, -0.05) is 17.7 Å². The van der Waals surface area contributed by atoms with Crippen molar-refractivity contribution in [1.82, 2.24) is 0 Å². The van der Waals surface area contributed by atoms with Crippen LogP contribution in [0.15, 0.2) is 35.9 Å². The summed E-state index contributed by atoms with van der Waals surface area (Å²) in [4.78, 5) is 12.4. The second-order valence-corrected chi connectivity index (χ2v) is 6.94. The van der Waals surface area contributed by atoms with E-state index < -0.39 is 5.91 Å². The molecule has 0 aliphatic rings. The molecule has 0 saturated heterocycles. The van der Waals surface area contributed by atoms with E-state index >= 15 is 0 Å². The highest BCUT2D eigenvalue weighted by Gasteiger charge is 2.13. The number of anilines is 1. The molecule has 2 N–H and O–H groups in total. The first-order chi connectivity index (χ1) is 12.3. The fraction of sp³-hybridized carbons (Fsp3) is 0.158. The lowest BCUT2D eigenvalue weighted by Gasteiger charge is -2.09. The normalized spacial score (nSPS) is 11.0. The van der Waals surface area contributed by atoms with Gasteiger partial charge in [0.25, 0.3) is 5.91 Å². The quantitative estimate of drug-likeness (QED) is 0.361. The van der Waals surface area contributed by atoms with E-state index in [1.54, 1.807) is 37.3 Å². The summed E-state index contributed by atoms with van der Waals surface area (Å²) in [7, 11) is 0. The van der Waals surface area contributed by atoms with E-state index in [0.717, 1.165) is 5.56 Å². The summed E-state index contributed by atoms with van der Waals surface area (Å²) >= 11 is 8.01. The van der Waals surface area contributed by atoms with Crippen LogP contribution in [0.25, 0.3) is 6.08 Å². The van der Waals surface area contributed by atoms with Crippen molar-refractivity contribution in [2.24, 2.45) is 0 Å². The highest BCUT2D eigenvalue weighted by molar-refractivity contribution is 14.1. The Hall–Kier alpha value is -2.24. The Morgan fingerprint density at radius 2 is 2.15 bits per heavy atom. The molecule has 0 bridgehead atoms. The van der Waals surface area contributed by atoms with Crippen LogP contribution in [0, 0.1) is 21.8 Å². The van der Waals surface area contributed by atoms with Crippen LogP contribution in [0.3, 0.4) is 0 Å². The van der Waals surface area contributed by atoms with Crippen LogP contribution in [-0.4, -0.2) is 17.6 Å². The number of nitriles is 1. The number of hydrogen-bond acceptors (Lipinski definition) is 4. The fourth-order valence-electron chi connectivity index (χ4n) is 2.13. The van der Waals surface area contributed by atoms with E-state index in [0.29, 0.717) is 32.2 Å². The number of halogens is 2. The van der Waals surface area contributed by atoms with E-state index in [2.05, 4.69) is 5.32 Å². The largest absolute Gasteiger partial charge is 0.504 e. The number of ether oxygens (including phenoxy) is 1. The second kappa shape index (κ2) is 8.92. The van der Waals surface area contributed by atoms with Gasteiger partial charge < -0.3 is 15.2 Å². The number of carbonyl (C=O) groups is 1. The van der Waals surface area contributed by atoms with Crippen molar-refractivity contribution < 1.29 is 14.6 Å². The van der Waals surface area contributed by atoms with E-state index in [4.69, 9.17) is 16.3 Å². The number of phenolic OH excluding ortho intramolecular Hbond substituents is 1. The lowest BCUT2D eigenvalue weighted by atomic mass is 10.1. The molecule has 0 fully saturated rings. The minimum atomic E-state index is -0.548. The SMILES string of the molecule is CCOc1cc(/C=C(/C#N)C(=O)Nc2ccc(C)c(Cl)c2)cc(I)c1O. The molecule has 2 aromatic rings. The van der Waals surface area contributed by atoms with Crippen molar-refractivity contribution in [2.45, 2.75) is 13.8 Å². The molecule has 134 valence electrons. The fourth-order valence-corrected chi connectivity index (χ4v) is 2.93. The molecular weight excluding hydrogens is 467 g/mol. The molecule has 2 aromatic carbocycles. The average Bonchev–Trinajstić information content (AvgIpc) is 2.60. The summed E-state index contributed by atoms with van der Waals surface area (Å²) in [6.45, 7) is 4.04. The van der Waals surface area contributed by atoms with Crippen LogP contribution in [0.5, 0.6) is 11.5 Å². The van der Waals surface area contributed by atoms with Gasteiger partial charge in [0.2, 0.25) is 0 Å². The Kier molecular flexibility index (Phi) is 6.89. The number of phenols is 1. The Morgan fingerprint density at radius 3 is 2.77 bits per heavy atom. The zero-order valence-electron chi connectivity index (χ0n) is 14.1. The van der Waals surface area contributed by atoms with Crippen molar-refractivity contribution in [2.75, 3.05) is 11.9 Å². The Bertz CT molecular complexity index is 920. The third-order valence-electron chi connectivity index (χ3n) is 3.46. The molecule has 26 heavy (non-hydrogen) atoms. The molecule has 0 radical (unpaired) electrons. The van der Waals surface area contributed by atoms with Crippen LogP contribution < -0.4 is 10.1 Å². The number of aryl methyl sites for hydroxylation is 1. The lowest BCUT2D eigenvalue weighted by molar-refractivity contribution is -0.112. The van der Waals surface area contributed by atoms with Gasteiger partial charge >= 0.3 is 0 Å². The zero-order chi connectivity index (χ0) is 19.3. The standard InChI is InChI=1S/C19H16ClIN2O3/c1-3-26-17-8-12(7-16(21)18(17)24)6-13(10-22)19(25)23-14-5-4-11(2)15(20)9-14/h4-9,24H,3H2,1-2H3,(H,23,25)/b13-6-. The van der Waals surface area contributed by atoms with Gasteiger partial charge in [0.05, 0.1) is 10.2 Å². The van der Waals surface area contributed by atoms with Crippen molar-refractivity contribution in [3.63, 3.8) is 0 Å². The summed E-state index contributed by atoms with van der Waals surface area (Å²) in [6, 6.07) is 10.2. The predicted octanol–water partition coefficient (Wildman–Crippen LogP) is 4.90. The molecule has 0 aliphatic heterocycles. The zero-order valence-corrected chi connectivity index (χ0v) is 17.1. The number of benzene rings is 2. The lowest BCUT2D eigenvalue weighted by Crippen LogP contribution is -2.13. The number of carbonyl (C=O) groups excluding carboxylic acids is 1. The first-order valence-electron chi connectivity index (χ1n) is 7.70. The first-order valence-corrected chi connectivity index (χ1v) is 9.16. The molecule has 7 heteroatoms. The Balaban J connectivity index is 2.30. The van der Waals surface area contributed by atoms with Crippen LogP contribution >= 0.6 is 34.2 Å². The molecule has 0 atom stereocenters. The molecule has 0 spiro atoms. The summed E-state index contributed by atoms with van der Waals surface area (Å²) < 4.78 is 5.93. The van der Waals surface area contributed by atoms with E-state index in [-0.39, 0.29) is 11.3 Å². The summed E-state index contributed by atoms with van der Waals surface area (Å²) in [5.74, 6) is -0.219. The van der Waals surface area contributed by atoms with Gasteiger partial charge in [0.1, 0.15) is 11.6 Å². The molecule has 0 saturated carbocycles. The molecule has 0 unspecified atom stereocenters. The van der Waals surface area contributed by atoms with Gasteiger partial charge in [-0.25, -0.2) is 0 Å². The van der Waals surface area contributed by atoms with E-state index in [9.17, 15) is 15.2 Å². The summed E-state index contributed by atoms with van der Waals surface area (Å²) in [5, 5.41) is 22.5. The topological polar surface area (TPSA) is 82.3 Å². The maximum absolute atomic E-state index is 12.4. The van der Waals surface area contributed by atoms with Gasteiger partial charge in [-0.3, -0.25) is 4.79 Å². The van der Waals surface area contributed by atoms with Gasteiger partial charge in [0, 0.05) is 10.7 Å². The number of nitrogens with zero attached hydrogens (tertiary/aromatic N) is 1. The smallest absolute Gasteiger partial charge is 0.266 e. The molecule has 0 aliphatic carbocycles. The Morgan fingerprint density at radius 1 is 1.42 bits per heavy atom.